The highest BCUT2D eigenvalue weighted by Crippen LogP contribution is 2.09. The van der Waals surface area contributed by atoms with Gasteiger partial charge in [0.15, 0.2) is 0 Å². The second-order valence-electron chi connectivity index (χ2n) is 3.76. The first-order valence-electron chi connectivity index (χ1n) is 5.39. The molecule has 94 valence electrons. The van der Waals surface area contributed by atoms with Gasteiger partial charge >= 0.3 is 0 Å². The summed E-state index contributed by atoms with van der Waals surface area (Å²) in [5, 5.41) is 14.2. The van der Waals surface area contributed by atoms with Gasteiger partial charge in [0.05, 0.1) is 11.8 Å². The molecule has 6 nitrogen and oxygen atoms in total. The molecule has 0 fully saturated rings. The van der Waals surface area contributed by atoms with Crippen LogP contribution in [0.1, 0.15) is 35.9 Å². The van der Waals surface area contributed by atoms with Crippen molar-refractivity contribution in [1.82, 2.24) is 5.32 Å². The Balaban J connectivity index is 2.63. The Labute approximate surface area is 99.5 Å². The number of carbonyl (C=O) groups excluding carboxylic acids is 1. The SMILES string of the molecule is CCC(CC(N)=NO)NC(=O)c1ccoc1C. The number of oxime groups is 1. The smallest absolute Gasteiger partial charge is 0.255 e. The number of nitrogens with two attached hydrogens (primary N) is 1. The first-order valence-corrected chi connectivity index (χ1v) is 5.39. The molecule has 0 bridgehead atoms. The zero-order chi connectivity index (χ0) is 12.8. The van der Waals surface area contributed by atoms with Crippen molar-refractivity contribution in [2.45, 2.75) is 32.7 Å². The van der Waals surface area contributed by atoms with Crippen LogP contribution in [0, 0.1) is 6.92 Å². The van der Waals surface area contributed by atoms with E-state index in [4.69, 9.17) is 15.4 Å². The highest BCUT2D eigenvalue weighted by Gasteiger charge is 2.16. The summed E-state index contributed by atoms with van der Waals surface area (Å²) in [7, 11) is 0. The molecule has 6 heteroatoms. The van der Waals surface area contributed by atoms with Crippen LogP contribution in [-0.4, -0.2) is 23.0 Å². The average molecular weight is 239 g/mol. The fraction of sp³-hybridized carbons (Fsp3) is 0.455. The van der Waals surface area contributed by atoms with Crippen LogP contribution in [0.4, 0.5) is 0 Å². The van der Waals surface area contributed by atoms with E-state index < -0.39 is 0 Å². The summed E-state index contributed by atoms with van der Waals surface area (Å²) in [5.41, 5.74) is 5.91. The second-order valence-corrected chi connectivity index (χ2v) is 3.76. The largest absolute Gasteiger partial charge is 0.469 e. The molecule has 0 saturated heterocycles. The van der Waals surface area contributed by atoms with Crippen molar-refractivity contribution in [3.63, 3.8) is 0 Å². The molecule has 0 aromatic carbocycles. The van der Waals surface area contributed by atoms with Gasteiger partial charge in [0.25, 0.3) is 5.91 Å². The number of carbonyl (C=O) groups is 1. The maximum Gasteiger partial charge on any atom is 0.255 e. The van der Waals surface area contributed by atoms with Gasteiger partial charge in [0.1, 0.15) is 11.6 Å². The minimum atomic E-state index is -0.214. The number of nitrogens with one attached hydrogen (secondary N) is 1. The molecule has 0 saturated carbocycles. The van der Waals surface area contributed by atoms with Crippen LogP contribution in [0.2, 0.25) is 0 Å². The van der Waals surface area contributed by atoms with E-state index in [1.807, 2.05) is 6.92 Å². The Bertz CT molecular complexity index is 412. The van der Waals surface area contributed by atoms with Crippen molar-refractivity contribution >= 4 is 11.7 Å². The van der Waals surface area contributed by atoms with Gasteiger partial charge in [-0.3, -0.25) is 4.79 Å². The van der Waals surface area contributed by atoms with Gasteiger partial charge in [-0.15, -0.1) is 0 Å². The van der Waals surface area contributed by atoms with Gasteiger partial charge in [-0.25, -0.2) is 0 Å². The Hall–Kier alpha value is -1.98. The highest BCUT2D eigenvalue weighted by molar-refractivity contribution is 5.95. The van der Waals surface area contributed by atoms with Crippen LogP contribution >= 0.6 is 0 Å². The Kier molecular flexibility index (Phi) is 4.56. The number of amidine groups is 1. The molecule has 1 rings (SSSR count). The van der Waals surface area contributed by atoms with Crippen LogP contribution in [0.3, 0.4) is 0 Å². The van der Waals surface area contributed by atoms with Crippen LogP contribution in [-0.2, 0) is 0 Å². The molecule has 1 heterocycles. The predicted octanol–water partition coefficient (Wildman–Crippen LogP) is 1.23. The fourth-order valence-electron chi connectivity index (χ4n) is 1.47. The molecule has 0 radical (unpaired) electrons. The first-order chi connectivity index (χ1) is 8.08. The van der Waals surface area contributed by atoms with E-state index in [1.54, 1.807) is 13.0 Å². The monoisotopic (exact) mass is 239 g/mol. The second kappa shape index (κ2) is 5.93. The normalized spacial score (nSPS) is 13.4. The standard InChI is InChI=1S/C11H17N3O3/c1-3-8(6-10(12)14-16)13-11(15)9-4-5-17-7(9)2/h4-5,8,16H,3,6H2,1-2H3,(H2,12,14)(H,13,15). The highest BCUT2D eigenvalue weighted by atomic mass is 16.4. The lowest BCUT2D eigenvalue weighted by Gasteiger charge is -2.15. The third kappa shape index (κ3) is 3.51. The Morgan fingerprint density at radius 2 is 2.41 bits per heavy atom. The van der Waals surface area contributed by atoms with E-state index in [2.05, 4.69) is 10.5 Å². The van der Waals surface area contributed by atoms with Gasteiger partial charge in [0, 0.05) is 12.5 Å². The molecule has 4 N–H and O–H groups in total. The molecule has 1 aromatic heterocycles. The molecule has 0 aliphatic carbocycles. The molecular formula is C11H17N3O3. The molecule has 17 heavy (non-hydrogen) atoms. The summed E-state index contributed by atoms with van der Waals surface area (Å²) in [4.78, 5) is 11.9. The number of hydrogen-bond donors (Lipinski definition) is 3. The lowest BCUT2D eigenvalue weighted by molar-refractivity contribution is 0.0935. The van der Waals surface area contributed by atoms with Gasteiger partial charge < -0.3 is 20.7 Å². The lowest BCUT2D eigenvalue weighted by Crippen LogP contribution is -2.37. The van der Waals surface area contributed by atoms with E-state index in [0.29, 0.717) is 24.2 Å². The zero-order valence-corrected chi connectivity index (χ0v) is 9.93. The summed E-state index contributed by atoms with van der Waals surface area (Å²) < 4.78 is 5.05. The number of amides is 1. The fourth-order valence-corrected chi connectivity index (χ4v) is 1.47. The average Bonchev–Trinajstić information content (AvgIpc) is 2.74. The molecule has 0 aliphatic rings. The van der Waals surface area contributed by atoms with Gasteiger partial charge in [-0.05, 0) is 19.4 Å². The molecule has 0 spiro atoms. The van der Waals surface area contributed by atoms with E-state index >= 15 is 0 Å². The lowest BCUT2D eigenvalue weighted by atomic mass is 10.1. The third-order valence-corrected chi connectivity index (χ3v) is 2.52. The topological polar surface area (TPSA) is 101 Å². The number of rotatable bonds is 5. The molecular weight excluding hydrogens is 222 g/mol. The number of nitrogens with zero attached hydrogens (tertiary/aromatic N) is 1. The van der Waals surface area contributed by atoms with Crippen molar-refractivity contribution in [2.24, 2.45) is 10.9 Å². The van der Waals surface area contributed by atoms with Crippen molar-refractivity contribution in [1.29, 1.82) is 0 Å². The number of hydrogen-bond acceptors (Lipinski definition) is 4. The summed E-state index contributed by atoms with van der Waals surface area (Å²) in [6, 6.07) is 1.45. The summed E-state index contributed by atoms with van der Waals surface area (Å²) in [6.45, 7) is 3.64. The molecule has 1 aromatic rings. The summed E-state index contributed by atoms with van der Waals surface area (Å²) in [5.74, 6) is 0.455. The first kappa shape index (κ1) is 13.1. The van der Waals surface area contributed by atoms with Crippen molar-refractivity contribution in [2.75, 3.05) is 0 Å². The maximum absolute atomic E-state index is 11.9. The van der Waals surface area contributed by atoms with Gasteiger partial charge in [-0.2, -0.15) is 0 Å². The Morgan fingerprint density at radius 3 is 2.88 bits per heavy atom. The molecule has 1 unspecified atom stereocenters. The van der Waals surface area contributed by atoms with Crippen molar-refractivity contribution in [3.05, 3.63) is 23.7 Å². The van der Waals surface area contributed by atoms with E-state index in [9.17, 15) is 4.79 Å². The van der Waals surface area contributed by atoms with Crippen molar-refractivity contribution in [3.8, 4) is 0 Å². The summed E-state index contributed by atoms with van der Waals surface area (Å²) in [6.07, 6.45) is 2.48. The molecule has 1 amide bonds. The van der Waals surface area contributed by atoms with E-state index in [0.717, 1.165) is 0 Å². The van der Waals surface area contributed by atoms with Crippen LogP contribution in [0.25, 0.3) is 0 Å². The predicted molar refractivity (Wildman–Crippen MR) is 63.0 cm³/mol. The zero-order valence-electron chi connectivity index (χ0n) is 9.93. The molecule has 0 aliphatic heterocycles. The van der Waals surface area contributed by atoms with Crippen LogP contribution in [0.15, 0.2) is 21.9 Å². The van der Waals surface area contributed by atoms with E-state index in [-0.39, 0.29) is 17.8 Å². The summed E-state index contributed by atoms with van der Waals surface area (Å²) >= 11 is 0. The number of furan rings is 1. The number of aryl methyl sites for hydroxylation is 1. The Morgan fingerprint density at radius 1 is 1.71 bits per heavy atom. The van der Waals surface area contributed by atoms with Crippen LogP contribution < -0.4 is 11.1 Å². The molecule has 1 atom stereocenters. The van der Waals surface area contributed by atoms with Gasteiger partial charge in [-0.1, -0.05) is 12.1 Å². The minimum absolute atomic E-state index is 0.0982. The van der Waals surface area contributed by atoms with Crippen LogP contribution in [0.5, 0.6) is 0 Å². The van der Waals surface area contributed by atoms with E-state index in [1.165, 1.54) is 6.26 Å². The quantitative estimate of drug-likeness (QED) is 0.311. The third-order valence-electron chi connectivity index (χ3n) is 2.52. The van der Waals surface area contributed by atoms with Gasteiger partial charge in [0.2, 0.25) is 0 Å². The minimum Gasteiger partial charge on any atom is -0.469 e. The maximum atomic E-state index is 11.9. The van der Waals surface area contributed by atoms with Crippen molar-refractivity contribution < 1.29 is 14.4 Å².